The van der Waals surface area contributed by atoms with Gasteiger partial charge in [0.1, 0.15) is 0 Å². The van der Waals surface area contributed by atoms with Gasteiger partial charge in [-0.15, -0.1) is 0 Å². The first-order chi connectivity index (χ1) is 6.37. The Balaban J connectivity index is 2.17. The minimum atomic E-state index is 0.512. The molecule has 1 aliphatic carbocycles. The van der Waals surface area contributed by atoms with Gasteiger partial charge in [0.25, 0.3) is 0 Å². The minimum Gasteiger partial charge on any atom is -0.317 e. The number of nitrogens with one attached hydrogen (secondary N) is 1. The van der Waals surface area contributed by atoms with Gasteiger partial charge in [-0.25, -0.2) is 0 Å². The largest absolute Gasteiger partial charge is 0.317 e. The monoisotopic (exact) mass is 177 g/mol. The van der Waals surface area contributed by atoms with Gasteiger partial charge in [0.05, 0.1) is 0 Å². The summed E-state index contributed by atoms with van der Waals surface area (Å²) < 4.78 is 0. The van der Waals surface area contributed by atoms with E-state index in [9.17, 15) is 0 Å². The van der Waals surface area contributed by atoms with Crippen LogP contribution in [-0.4, -0.2) is 13.1 Å². The predicted molar refractivity (Wildman–Crippen MR) is 56.7 cm³/mol. The summed E-state index contributed by atoms with van der Waals surface area (Å²) in [6, 6.07) is 0. The van der Waals surface area contributed by atoms with E-state index in [1.54, 1.807) is 5.57 Å². The molecule has 1 N–H and O–H groups in total. The van der Waals surface area contributed by atoms with Crippen molar-refractivity contribution in [3.05, 3.63) is 23.8 Å². The summed E-state index contributed by atoms with van der Waals surface area (Å²) in [6.45, 7) is 4.72. The van der Waals surface area contributed by atoms with Crippen molar-refractivity contribution in [2.24, 2.45) is 5.41 Å². The van der Waals surface area contributed by atoms with Crippen LogP contribution in [0.5, 0.6) is 0 Å². The molecule has 0 atom stereocenters. The van der Waals surface area contributed by atoms with Gasteiger partial charge in [0, 0.05) is 0 Å². The Hall–Kier alpha value is -0.560. The van der Waals surface area contributed by atoms with Crippen LogP contribution in [-0.2, 0) is 0 Å². The van der Waals surface area contributed by atoms with Gasteiger partial charge in [0.15, 0.2) is 0 Å². The molecule has 0 bridgehead atoms. The Morgan fingerprint density at radius 2 is 2.15 bits per heavy atom. The Kier molecular flexibility index (Phi) is 2.54. The van der Waals surface area contributed by atoms with Crippen molar-refractivity contribution in [3.63, 3.8) is 0 Å². The fourth-order valence-corrected chi connectivity index (χ4v) is 2.60. The molecule has 1 heteroatoms. The molecule has 0 aromatic rings. The zero-order valence-electron chi connectivity index (χ0n) is 8.47. The third-order valence-corrected chi connectivity index (χ3v) is 3.62. The number of piperidine rings is 1. The van der Waals surface area contributed by atoms with Crippen molar-refractivity contribution in [2.75, 3.05) is 13.1 Å². The van der Waals surface area contributed by atoms with E-state index < -0.39 is 0 Å². The van der Waals surface area contributed by atoms with Gasteiger partial charge in [-0.2, -0.15) is 0 Å². The third-order valence-electron chi connectivity index (χ3n) is 3.62. The lowest BCUT2D eigenvalue weighted by atomic mass is 9.71. The second-order valence-corrected chi connectivity index (χ2v) is 4.18. The maximum absolute atomic E-state index is 3.45. The smallest absolute Gasteiger partial charge is 0.00286 e. The lowest BCUT2D eigenvalue weighted by molar-refractivity contribution is 0.250. The second-order valence-electron chi connectivity index (χ2n) is 4.18. The zero-order chi connectivity index (χ0) is 9.15. The molecule has 72 valence electrons. The summed E-state index contributed by atoms with van der Waals surface area (Å²) in [5.74, 6) is 0. The average molecular weight is 177 g/mol. The van der Waals surface area contributed by atoms with E-state index in [-0.39, 0.29) is 0 Å². The Labute approximate surface area is 80.9 Å². The van der Waals surface area contributed by atoms with Crippen LogP contribution in [0.25, 0.3) is 0 Å². The maximum atomic E-state index is 3.45. The van der Waals surface area contributed by atoms with Crippen molar-refractivity contribution in [3.8, 4) is 0 Å². The van der Waals surface area contributed by atoms with E-state index >= 15 is 0 Å². The molecular formula is C12H19N. The van der Waals surface area contributed by atoms with Gasteiger partial charge in [0.2, 0.25) is 0 Å². The second kappa shape index (κ2) is 3.67. The average Bonchev–Trinajstić information content (AvgIpc) is 2.72. The zero-order valence-corrected chi connectivity index (χ0v) is 8.47. The van der Waals surface area contributed by atoms with Crippen LogP contribution in [0.1, 0.15) is 32.6 Å². The molecule has 1 saturated heterocycles. The molecule has 0 amide bonds. The van der Waals surface area contributed by atoms with Crippen molar-refractivity contribution >= 4 is 0 Å². The van der Waals surface area contributed by atoms with E-state index in [1.807, 2.05) is 0 Å². The standard InChI is InChI=1S/C12H19N/c1-2-12(7-9-13-10-8-12)11-5-3-4-6-11/h3,5-6,13H,2,4,7-10H2,1H3. The Morgan fingerprint density at radius 1 is 1.38 bits per heavy atom. The summed E-state index contributed by atoms with van der Waals surface area (Å²) in [5, 5.41) is 3.45. The van der Waals surface area contributed by atoms with Crippen LogP contribution in [0.4, 0.5) is 0 Å². The summed E-state index contributed by atoms with van der Waals surface area (Å²) in [5.41, 5.74) is 2.12. The van der Waals surface area contributed by atoms with E-state index in [4.69, 9.17) is 0 Å². The molecular weight excluding hydrogens is 158 g/mol. The van der Waals surface area contributed by atoms with Crippen molar-refractivity contribution in [2.45, 2.75) is 32.6 Å². The number of hydrogen-bond acceptors (Lipinski definition) is 1. The molecule has 0 spiro atoms. The molecule has 0 radical (unpaired) electrons. The third kappa shape index (κ3) is 1.58. The number of hydrogen-bond donors (Lipinski definition) is 1. The van der Waals surface area contributed by atoms with Crippen LogP contribution in [0, 0.1) is 5.41 Å². The molecule has 0 aromatic heterocycles. The van der Waals surface area contributed by atoms with Crippen molar-refractivity contribution in [1.82, 2.24) is 5.32 Å². The fraction of sp³-hybridized carbons (Fsp3) is 0.667. The molecule has 1 nitrogen and oxygen atoms in total. The van der Waals surface area contributed by atoms with Gasteiger partial charge >= 0.3 is 0 Å². The van der Waals surface area contributed by atoms with Crippen molar-refractivity contribution in [1.29, 1.82) is 0 Å². The molecule has 0 saturated carbocycles. The van der Waals surface area contributed by atoms with E-state index in [0.717, 1.165) is 6.42 Å². The highest BCUT2D eigenvalue weighted by Gasteiger charge is 2.33. The Morgan fingerprint density at radius 3 is 2.69 bits per heavy atom. The molecule has 1 fully saturated rings. The predicted octanol–water partition coefficient (Wildman–Crippen LogP) is 2.65. The first kappa shape index (κ1) is 9.01. The van der Waals surface area contributed by atoms with E-state index in [1.165, 1.54) is 32.4 Å². The Bertz CT molecular complexity index is 232. The molecule has 1 heterocycles. The molecule has 13 heavy (non-hydrogen) atoms. The van der Waals surface area contributed by atoms with Crippen LogP contribution in [0.15, 0.2) is 23.8 Å². The summed E-state index contributed by atoms with van der Waals surface area (Å²) >= 11 is 0. The maximum Gasteiger partial charge on any atom is -0.00286 e. The summed E-state index contributed by atoms with van der Waals surface area (Å²) in [4.78, 5) is 0. The molecule has 2 aliphatic rings. The molecule has 0 aromatic carbocycles. The van der Waals surface area contributed by atoms with Gasteiger partial charge < -0.3 is 5.32 Å². The van der Waals surface area contributed by atoms with Gasteiger partial charge in [-0.05, 0) is 49.8 Å². The van der Waals surface area contributed by atoms with Crippen LogP contribution in [0.3, 0.4) is 0 Å². The lowest BCUT2D eigenvalue weighted by Crippen LogP contribution is -2.37. The first-order valence-corrected chi connectivity index (χ1v) is 5.45. The van der Waals surface area contributed by atoms with Gasteiger partial charge in [-0.3, -0.25) is 0 Å². The SMILES string of the molecule is CCC1(C2=CCC=C2)CCNCC1. The summed E-state index contributed by atoms with van der Waals surface area (Å²) in [6.07, 6.45) is 12.1. The summed E-state index contributed by atoms with van der Waals surface area (Å²) in [7, 11) is 0. The molecule has 1 aliphatic heterocycles. The van der Waals surface area contributed by atoms with E-state index in [0.29, 0.717) is 5.41 Å². The van der Waals surface area contributed by atoms with Crippen LogP contribution >= 0.6 is 0 Å². The quantitative estimate of drug-likeness (QED) is 0.683. The lowest BCUT2D eigenvalue weighted by Gasteiger charge is -2.37. The topological polar surface area (TPSA) is 12.0 Å². The van der Waals surface area contributed by atoms with Gasteiger partial charge in [-0.1, -0.05) is 25.2 Å². The molecule has 0 unspecified atom stereocenters. The van der Waals surface area contributed by atoms with Crippen molar-refractivity contribution < 1.29 is 0 Å². The minimum absolute atomic E-state index is 0.512. The van der Waals surface area contributed by atoms with Crippen LogP contribution in [0.2, 0.25) is 0 Å². The van der Waals surface area contributed by atoms with Crippen LogP contribution < -0.4 is 5.32 Å². The number of allylic oxidation sites excluding steroid dienone is 4. The first-order valence-electron chi connectivity index (χ1n) is 5.45. The van der Waals surface area contributed by atoms with E-state index in [2.05, 4.69) is 30.5 Å². The normalized spacial score (nSPS) is 26.1. The fourth-order valence-electron chi connectivity index (χ4n) is 2.60. The molecule has 2 rings (SSSR count). The highest BCUT2D eigenvalue weighted by atomic mass is 14.9. The highest BCUT2D eigenvalue weighted by Crippen LogP contribution is 2.42. The highest BCUT2D eigenvalue weighted by molar-refractivity contribution is 5.33. The number of rotatable bonds is 2.